The lowest BCUT2D eigenvalue weighted by Crippen LogP contribution is -2.41. The highest BCUT2D eigenvalue weighted by Gasteiger charge is 2.51. The summed E-state index contributed by atoms with van der Waals surface area (Å²) in [5.41, 5.74) is 0. The third-order valence-electron chi connectivity index (χ3n) is 1.41. The summed E-state index contributed by atoms with van der Waals surface area (Å²) in [5.74, 6) is -0.971. The molecule has 1 unspecified atom stereocenters. The molecular weight excluding hydrogens is 222 g/mol. The van der Waals surface area contributed by atoms with Crippen LogP contribution in [0.1, 0.15) is 20.3 Å². The summed E-state index contributed by atoms with van der Waals surface area (Å²) >= 11 is 0. The first-order valence-corrected chi connectivity index (χ1v) is 5.11. The molecule has 0 amide bonds. The van der Waals surface area contributed by atoms with Crippen LogP contribution < -0.4 is 0 Å². The van der Waals surface area contributed by atoms with Gasteiger partial charge in [-0.15, -0.1) is 0 Å². The number of carbonyl (C=O) groups excluding carboxylic acids is 1. The standard InChI is InChI=1S/C6H10F2O5S/c1-3-5(9)13-4(2)6(7,8)14(10,11)12/h4H,3H2,1-2H3,(H,10,11,12). The van der Waals surface area contributed by atoms with Crippen molar-refractivity contribution in [3.8, 4) is 0 Å². The fourth-order valence-corrected chi connectivity index (χ4v) is 1.03. The van der Waals surface area contributed by atoms with Crippen LogP contribution in [0, 0.1) is 0 Å². The average Bonchev–Trinajstić information content (AvgIpc) is 2.01. The monoisotopic (exact) mass is 232 g/mol. The normalized spacial score (nSPS) is 14.9. The summed E-state index contributed by atoms with van der Waals surface area (Å²) in [6, 6.07) is 0. The van der Waals surface area contributed by atoms with Crippen LogP contribution in [0.4, 0.5) is 8.78 Å². The van der Waals surface area contributed by atoms with Crippen molar-refractivity contribution in [3.63, 3.8) is 0 Å². The van der Waals surface area contributed by atoms with E-state index < -0.39 is 27.4 Å². The summed E-state index contributed by atoms with van der Waals surface area (Å²) in [5, 5.41) is -4.49. The molecule has 0 bridgehead atoms. The molecule has 0 saturated carbocycles. The third-order valence-corrected chi connectivity index (χ3v) is 2.43. The first-order valence-electron chi connectivity index (χ1n) is 3.67. The van der Waals surface area contributed by atoms with Crippen LogP contribution in [0.25, 0.3) is 0 Å². The van der Waals surface area contributed by atoms with Gasteiger partial charge in [-0.2, -0.15) is 17.2 Å². The summed E-state index contributed by atoms with van der Waals surface area (Å²) < 4.78 is 58.0. The van der Waals surface area contributed by atoms with Crippen LogP contribution in [0.15, 0.2) is 0 Å². The molecule has 0 radical (unpaired) electrons. The second kappa shape index (κ2) is 4.18. The number of hydrogen-bond donors (Lipinski definition) is 1. The van der Waals surface area contributed by atoms with Crippen molar-refractivity contribution >= 4 is 16.1 Å². The maximum Gasteiger partial charge on any atom is 0.405 e. The van der Waals surface area contributed by atoms with Gasteiger partial charge in [0.2, 0.25) is 0 Å². The smallest absolute Gasteiger partial charge is 0.405 e. The highest BCUT2D eigenvalue weighted by atomic mass is 32.2. The zero-order chi connectivity index (χ0) is 11.6. The van der Waals surface area contributed by atoms with Crippen LogP contribution in [-0.2, 0) is 19.6 Å². The topological polar surface area (TPSA) is 80.7 Å². The maximum absolute atomic E-state index is 12.7. The second-order valence-electron chi connectivity index (χ2n) is 2.52. The Morgan fingerprint density at radius 3 is 2.29 bits per heavy atom. The molecule has 14 heavy (non-hydrogen) atoms. The van der Waals surface area contributed by atoms with E-state index in [2.05, 4.69) is 4.74 Å². The minimum Gasteiger partial charge on any atom is -0.455 e. The van der Waals surface area contributed by atoms with Gasteiger partial charge in [-0.3, -0.25) is 9.35 Å². The molecular formula is C6H10F2O5S. The molecule has 84 valence electrons. The maximum atomic E-state index is 12.7. The largest absolute Gasteiger partial charge is 0.455 e. The Bertz CT molecular complexity index is 310. The van der Waals surface area contributed by atoms with E-state index in [1.165, 1.54) is 6.92 Å². The fourth-order valence-electron chi connectivity index (χ4n) is 0.559. The van der Waals surface area contributed by atoms with Gasteiger partial charge in [-0.1, -0.05) is 6.92 Å². The van der Waals surface area contributed by atoms with Crippen molar-refractivity contribution in [3.05, 3.63) is 0 Å². The Balaban J connectivity index is 4.69. The fraction of sp³-hybridized carbons (Fsp3) is 0.833. The van der Waals surface area contributed by atoms with Crippen molar-refractivity contribution in [2.45, 2.75) is 31.6 Å². The molecule has 8 heteroatoms. The number of esters is 1. The van der Waals surface area contributed by atoms with E-state index in [-0.39, 0.29) is 6.42 Å². The Labute approximate surface area is 79.8 Å². The quantitative estimate of drug-likeness (QED) is 0.573. The van der Waals surface area contributed by atoms with Crippen molar-refractivity contribution < 1.29 is 31.3 Å². The predicted octanol–water partition coefficient (Wildman–Crippen LogP) is 0.809. The van der Waals surface area contributed by atoms with E-state index in [9.17, 15) is 22.0 Å². The van der Waals surface area contributed by atoms with Crippen molar-refractivity contribution in [2.24, 2.45) is 0 Å². The molecule has 0 heterocycles. The van der Waals surface area contributed by atoms with E-state index in [0.29, 0.717) is 6.92 Å². The van der Waals surface area contributed by atoms with Crippen molar-refractivity contribution in [2.75, 3.05) is 0 Å². The second-order valence-corrected chi connectivity index (χ2v) is 4.02. The van der Waals surface area contributed by atoms with Crippen LogP contribution in [0.3, 0.4) is 0 Å². The zero-order valence-electron chi connectivity index (χ0n) is 7.53. The minimum absolute atomic E-state index is 0.161. The van der Waals surface area contributed by atoms with Gasteiger partial charge < -0.3 is 4.74 Å². The molecule has 5 nitrogen and oxygen atoms in total. The number of hydrogen-bond acceptors (Lipinski definition) is 4. The molecule has 0 aromatic carbocycles. The van der Waals surface area contributed by atoms with Crippen LogP contribution in [-0.4, -0.2) is 30.3 Å². The van der Waals surface area contributed by atoms with Gasteiger partial charge in [0, 0.05) is 6.42 Å². The zero-order valence-corrected chi connectivity index (χ0v) is 8.35. The molecule has 0 aliphatic carbocycles. The number of alkyl halides is 2. The molecule has 0 aromatic rings. The number of ether oxygens (including phenoxy) is 1. The number of rotatable bonds is 4. The summed E-state index contributed by atoms with van der Waals surface area (Å²) in [6.45, 7) is 2.04. The van der Waals surface area contributed by atoms with Gasteiger partial charge >= 0.3 is 21.3 Å². The molecule has 0 spiro atoms. The number of carbonyl (C=O) groups is 1. The molecule has 0 aliphatic heterocycles. The lowest BCUT2D eigenvalue weighted by atomic mass is 10.4. The average molecular weight is 232 g/mol. The van der Waals surface area contributed by atoms with Crippen LogP contribution in [0.5, 0.6) is 0 Å². The Morgan fingerprint density at radius 2 is 2.00 bits per heavy atom. The van der Waals surface area contributed by atoms with Gasteiger partial charge in [-0.25, -0.2) is 0 Å². The van der Waals surface area contributed by atoms with Gasteiger partial charge in [0.1, 0.15) is 0 Å². The predicted molar refractivity (Wildman–Crippen MR) is 42.3 cm³/mol. The SMILES string of the molecule is CCC(=O)OC(C)C(F)(F)S(=O)(=O)O. The third kappa shape index (κ3) is 2.88. The first-order chi connectivity index (χ1) is 6.13. The van der Waals surface area contributed by atoms with E-state index in [0.717, 1.165) is 0 Å². The molecule has 0 aliphatic rings. The van der Waals surface area contributed by atoms with E-state index in [1.54, 1.807) is 0 Å². The van der Waals surface area contributed by atoms with Gasteiger partial charge in [0.05, 0.1) is 0 Å². The van der Waals surface area contributed by atoms with Crippen molar-refractivity contribution in [1.82, 2.24) is 0 Å². The van der Waals surface area contributed by atoms with Crippen LogP contribution >= 0.6 is 0 Å². The summed E-state index contributed by atoms with van der Waals surface area (Å²) in [7, 11) is -5.57. The van der Waals surface area contributed by atoms with Crippen LogP contribution in [0.2, 0.25) is 0 Å². The van der Waals surface area contributed by atoms with E-state index >= 15 is 0 Å². The Hall–Kier alpha value is -0.760. The van der Waals surface area contributed by atoms with Crippen molar-refractivity contribution in [1.29, 1.82) is 0 Å². The lowest BCUT2D eigenvalue weighted by Gasteiger charge is -2.20. The lowest BCUT2D eigenvalue weighted by molar-refractivity contribution is -0.159. The molecule has 1 atom stereocenters. The Kier molecular flexibility index (Phi) is 3.95. The van der Waals surface area contributed by atoms with E-state index in [1.807, 2.05) is 0 Å². The minimum atomic E-state index is -5.57. The van der Waals surface area contributed by atoms with Gasteiger partial charge in [-0.05, 0) is 6.92 Å². The molecule has 0 saturated heterocycles. The molecule has 0 fully saturated rings. The van der Waals surface area contributed by atoms with Gasteiger partial charge in [0.15, 0.2) is 6.10 Å². The molecule has 1 N–H and O–H groups in total. The van der Waals surface area contributed by atoms with E-state index in [4.69, 9.17) is 4.55 Å². The Morgan fingerprint density at radius 1 is 1.57 bits per heavy atom. The highest BCUT2D eigenvalue weighted by molar-refractivity contribution is 7.86. The van der Waals surface area contributed by atoms with Gasteiger partial charge in [0.25, 0.3) is 0 Å². The molecule has 0 rings (SSSR count). The number of halogens is 2. The summed E-state index contributed by atoms with van der Waals surface area (Å²) in [4.78, 5) is 10.6. The highest BCUT2D eigenvalue weighted by Crippen LogP contribution is 2.27. The summed E-state index contributed by atoms with van der Waals surface area (Å²) in [6.07, 6.45) is -2.38. The molecule has 0 aromatic heterocycles. The first kappa shape index (κ1) is 13.2.